The van der Waals surface area contributed by atoms with Crippen LogP contribution in [0.15, 0.2) is 17.5 Å². The summed E-state index contributed by atoms with van der Waals surface area (Å²) in [4.78, 5) is 12.9. The third-order valence-electron chi connectivity index (χ3n) is 2.67. The average molecular weight is 285 g/mol. The SMILES string of the molecule is CCCNC1=NCN(NCCC)c2cncnc21.Cl. The van der Waals surface area contributed by atoms with Crippen molar-refractivity contribution in [2.24, 2.45) is 4.99 Å². The van der Waals surface area contributed by atoms with E-state index in [0.29, 0.717) is 6.67 Å². The Morgan fingerprint density at radius 3 is 2.79 bits per heavy atom. The highest BCUT2D eigenvalue weighted by Crippen LogP contribution is 2.19. The first-order valence-corrected chi connectivity index (χ1v) is 6.46. The Labute approximate surface area is 120 Å². The second-order valence-corrected chi connectivity index (χ2v) is 4.17. The first kappa shape index (κ1) is 15.7. The molecule has 0 bridgehead atoms. The fourth-order valence-corrected chi connectivity index (χ4v) is 1.76. The number of nitrogens with zero attached hydrogens (tertiary/aromatic N) is 4. The largest absolute Gasteiger partial charge is 0.368 e. The Hall–Kier alpha value is -1.40. The van der Waals surface area contributed by atoms with Crippen LogP contribution in [0.1, 0.15) is 32.4 Å². The smallest absolute Gasteiger partial charge is 0.151 e. The fraction of sp³-hybridized carbons (Fsp3) is 0.583. The molecule has 0 saturated heterocycles. The molecular formula is C12H21ClN6. The first-order valence-electron chi connectivity index (χ1n) is 6.46. The number of hydrogen-bond donors (Lipinski definition) is 2. The van der Waals surface area contributed by atoms with Crippen LogP contribution in [0.3, 0.4) is 0 Å². The first-order chi connectivity index (χ1) is 8.86. The van der Waals surface area contributed by atoms with Crippen molar-refractivity contribution in [2.75, 3.05) is 24.8 Å². The maximum absolute atomic E-state index is 4.52. The van der Waals surface area contributed by atoms with Crippen LogP contribution >= 0.6 is 12.4 Å². The van der Waals surface area contributed by atoms with Gasteiger partial charge in [0.05, 0.1) is 6.20 Å². The Bertz CT molecular complexity index is 422. The van der Waals surface area contributed by atoms with Crippen molar-refractivity contribution < 1.29 is 0 Å². The summed E-state index contributed by atoms with van der Waals surface area (Å²) in [5, 5.41) is 5.31. The van der Waals surface area contributed by atoms with Gasteiger partial charge in [0.2, 0.25) is 0 Å². The van der Waals surface area contributed by atoms with Gasteiger partial charge in [0.15, 0.2) is 5.84 Å². The molecular weight excluding hydrogens is 264 g/mol. The van der Waals surface area contributed by atoms with E-state index in [4.69, 9.17) is 0 Å². The van der Waals surface area contributed by atoms with E-state index < -0.39 is 0 Å². The van der Waals surface area contributed by atoms with Crippen LogP contribution in [-0.2, 0) is 0 Å². The Kier molecular flexibility index (Phi) is 6.52. The second kappa shape index (κ2) is 7.91. The van der Waals surface area contributed by atoms with Crippen molar-refractivity contribution in [1.82, 2.24) is 20.7 Å². The highest BCUT2D eigenvalue weighted by Gasteiger charge is 2.20. The zero-order valence-corrected chi connectivity index (χ0v) is 12.2. The molecule has 0 atom stereocenters. The molecule has 0 spiro atoms. The van der Waals surface area contributed by atoms with Gasteiger partial charge in [0.1, 0.15) is 24.4 Å². The van der Waals surface area contributed by atoms with Crippen molar-refractivity contribution >= 4 is 23.9 Å². The van der Waals surface area contributed by atoms with Gasteiger partial charge >= 0.3 is 0 Å². The monoisotopic (exact) mass is 284 g/mol. The topological polar surface area (TPSA) is 65.4 Å². The van der Waals surface area contributed by atoms with Crippen LogP contribution in [0.2, 0.25) is 0 Å². The van der Waals surface area contributed by atoms with Crippen LogP contribution < -0.4 is 15.8 Å². The Morgan fingerprint density at radius 1 is 1.26 bits per heavy atom. The van der Waals surface area contributed by atoms with Gasteiger partial charge in [0.25, 0.3) is 0 Å². The molecule has 106 valence electrons. The van der Waals surface area contributed by atoms with E-state index in [9.17, 15) is 0 Å². The minimum atomic E-state index is 0. The normalized spacial score (nSPS) is 13.4. The summed E-state index contributed by atoms with van der Waals surface area (Å²) in [6.45, 7) is 6.68. The van der Waals surface area contributed by atoms with Gasteiger partial charge < -0.3 is 5.32 Å². The predicted octanol–water partition coefficient (Wildman–Crippen LogP) is 1.34. The van der Waals surface area contributed by atoms with Crippen LogP contribution in [0.25, 0.3) is 0 Å². The summed E-state index contributed by atoms with van der Waals surface area (Å²) >= 11 is 0. The minimum absolute atomic E-state index is 0. The van der Waals surface area contributed by atoms with E-state index >= 15 is 0 Å². The van der Waals surface area contributed by atoms with Crippen LogP contribution in [0.5, 0.6) is 0 Å². The lowest BCUT2D eigenvalue weighted by Gasteiger charge is -2.29. The summed E-state index contributed by atoms with van der Waals surface area (Å²) in [5.41, 5.74) is 5.18. The van der Waals surface area contributed by atoms with E-state index in [0.717, 1.165) is 43.1 Å². The van der Waals surface area contributed by atoms with E-state index in [1.54, 1.807) is 6.33 Å². The Balaban J connectivity index is 0.00000180. The molecule has 0 unspecified atom stereocenters. The quantitative estimate of drug-likeness (QED) is 0.854. The fourth-order valence-electron chi connectivity index (χ4n) is 1.76. The molecule has 1 aromatic rings. The van der Waals surface area contributed by atoms with Gasteiger partial charge in [-0.2, -0.15) is 0 Å². The number of hydrogen-bond acceptors (Lipinski definition) is 6. The number of fused-ring (bicyclic) bond motifs is 1. The van der Waals surface area contributed by atoms with Crippen molar-refractivity contribution in [3.8, 4) is 0 Å². The van der Waals surface area contributed by atoms with E-state index in [-0.39, 0.29) is 12.4 Å². The van der Waals surface area contributed by atoms with Crippen molar-refractivity contribution in [1.29, 1.82) is 0 Å². The highest BCUT2D eigenvalue weighted by molar-refractivity contribution is 6.02. The zero-order chi connectivity index (χ0) is 12.8. The number of rotatable bonds is 5. The molecule has 0 fully saturated rings. The number of nitrogens with one attached hydrogen (secondary N) is 2. The molecule has 0 aliphatic carbocycles. The number of aromatic nitrogens is 2. The van der Waals surface area contributed by atoms with Gasteiger partial charge in [-0.3, -0.25) is 5.01 Å². The molecule has 2 rings (SSSR count). The van der Waals surface area contributed by atoms with Crippen LogP contribution in [0.4, 0.5) is 5.69 Å². The Morgan fingerprint density at radius 2 is 2.05 bits per heavy atom. The zero-order valence-electron chi connectivity index (χ0n) is 11.4. The maximum Gasteiger partial charge on any atom is 0.151 e. The number of aliphatic imine (C=N–C) groups is 1. The molecule has 1 aliphatic rings. The summed E-state index contributed by atoms with van der Waals surface area (Å²) in [6, 6.07) is 0. The van der Waals surface area contributed by atoms with Crippen molar-refractivity contribution in [2.45, 2.75) is 26.7 Å². The average Bonchev–Trinajstić information content (AvgIpc) is 2.43. The van der Waals surface area contributed by atoms with Crippen LogP contribution in [-0.4, -0.2) is 35.6 Å². The van der Waals surface area contributed by atoms with Gasteiger partial charge in [-0.05, 0) is 12.8 Å². The van der Waals surface area contributed by atoms with Gasteiger partial charge in [-0.1, -0.05) is 13.8 Å². The van der Waals surface area contributed by atoms with E-state index in [2.05, 4.69) is 39.6 Å². The molecule has 6 nitrogen and oxygen atoms in total. The van der Waals surface area contributed by atoms with Crippen molar-refractivity contribution in [3.63, 3.8) is 0 Å². The molecule has 0 aromatic carbocycles. The molecule has 19 heavy (non-hydrogen) atoms. The molecule has 0 amide bonds. The third kappa shape index (κ3) is 3.78. The molecule has 0 radical (unpaired) electrons. The summed E-state index contributed by atoms with van der Waals surface area (Å²) in [6.07, 6.45) is 5.53. The van der Waals surface area contributed by atoms with E-state index in [1.807, 2.05) is 11.2 Å². The van der Waals surface area contributed by atoms with Gasteiger partial charge in [-0.15, -0.1) is 12.4 Å². The van der Waals surface area contributed by atoms with Crippen LogP contribution in [0, 0.1) is 0 Å². The molecule has 2 N–H and O–H groups in total. The third-order valence-corrected chi connectivity index (χ3v) is 2.67. The standard InChI is InChI=1S/C12H20N6.ClH/c1-3-5-14-12-11-10(7-13-8-15-11)18(9-16-12)17-6-4-2;/h7-8,17H,3-6,9H2,1-2H3,(H,14,16);1H. The molecule has 7 heteroatoms. The number of halogens is 1. The molecule has 1 aliphatic heterocycles. The lowest BCUT2D eigenvalue weighted by atomic mass is 10.2. The van der Waals surface area contributed by atoms with Crippen molar-refractivity contribution in [3.05, 3.63) is 18.2 Å². The minimum Gasteiger partial charge on any atom is -0.368 e. The lowest BCUT2D eigenvalue weighted by molar-refractivity contribution is 0.612. The summed E-state index contributed by atoms with van der Waals surface area (Å²) in [5.74, 6) is 0.865. The molecule has 1 aromatic heterocycles. The number of anilines is 1. The van der Waals surface area contributed by atoms with Gasteiger partial charge in [-0.25, -0.2) is 20.4 Å². The molecule has 2 heterocycles. The number of hydrazine groups is 1. The highest BCUT2D eigenvalue weighted by atomic mass is 35.5. The number of amidine groups is 1. The second-order valence-electron chi connectivity index (χ2n) is 4.17. The maximum atomic E-state index is 4.52. The summed E-state index contributed by atoms with van der Waals surface area (Å²) in [7, 11) is 0. The van der Waals surface area contributed by atoms with E-state index in [1.165, 1.54) is 0 Å². The molecule has 0 saturated carbocycles. The predicted molar refractivity (Wildman–Crippen MR) is 79.8 cm³/mol. The van der Waals surface area contributed by atoms with Gasteiger partial charge in [0, 0.05) is 13.1 Å². The summed E-state index contributed by atoms with van der Waals surface area (Å²) < 4.78 is 0. The lowest BCUT2D eigenvalue weighted by Crippen LogP contribution is -2.44.